The van der Waals surface area contributed by atoms with Crippen molar-refractivity contribution in [2.45, 2.75) is 51.6 Å². The number of hydrogen-bond donors (Lipinski definition) is 1. The highest BCUT2D eigenvalue weighted by molar-refractivity contribution is 6.31. The van der Waals surface area contributed by atoms with Gasteiger partial charge in [-0.05, 0) is 69.2 Å². The van der Waals surface area contributed by atoms with Crippen molar-refractivity contribution in [3.8, 4) is 0 Å². The molecule has 1 aromatic rings. The van der Waals surface area contributed by atoms with Crippen LogP contribution in [-0.4, -0.2) is 25.8 Å². The summed E-state index contributed by atoms with van der Waals surface area (Å²) in [6, 6.07) is 8.23. The summed E-state index contributed by atoms with van der Waals surface area (Å²) in [6.07, 6.45) is 7.60. The predicted octanol–water partition coefficient (Wildman–Crippen LogP) is 4.46. The summed E-state index contributed by atoms with van der Waals surface area (Å²) < 4.78 is 5.76. The Morgan fingerprint density at radius 1 is 1.38 bits per heavy atom. The molecule has 1 fully saturated rings. The smallest absolute Gasteiger partial charge is 0.0576 e. The molecule has 0 saturated carbocycles. The number of halogens is 1. The van der Waals surface area contributed by atoms with Crippen molar-refractivity contribution in [2.24, 2.45) is 5.92 Å². The Labute approximate surface area is 134 Å². The van der Waals surface area contributed by atoms with Gasteiger partial charge < -0.3 is 10.1 Å². The van der Waals surface area contributed by atoms with Crippen molar-refractivity contribution >= 4 is 11.6 Å². The highest BCUT2D eigenvalue weighted by Crippen LogP contribution is 2.24. The standard InChI is InChI=1S/C18H28ClNO/c1-2-11-20-14-15(9-10-17-7-5-12-21-17)13-16-6-3-4-8-18(16)19/h3-4,6,8,15,17,20H,2,5,7,9-14H2,1H3. The molecular weight excluding hydrogens is 282 g/mol. The van der Waals surface area contributed by atoms with E-state index in [9.17, 15) is 0 Å². The Bertz CT molecular complexity index is 404. The Morgan fingerprint density at radius 2 is 2.24 bits per heavy atom. The Morgan fingerprint density at radius 3 is 2.95 bits per heavy atom. The van der Waals surface area contributed by atoms with Crippen LogP contribution in [0.15, 0.2) is 24.3 Å². The summed E-state index contributed by atoms with van der Waals surface area (Å²) in [5.74, 6) is 0.639. The number of ether oxygens (including phenoxy) is 1. The van der Waals surface area contributed by atoms with Crippen LogP contribution in [0.2, 0.25) is 5.02 Å². The van der Waals surface area contributed by atoms with Crippen molar-refractivity contribution in [1.29, 1.82) is 0 Å². The molecule has 21 heavy (non-hydrogen) atoms. The molecule has 1 aliphatic heterocycles. The average molecular weight is 310 g/mol. The van der Waals surface area contributed by atoms with Gasteiger partial charge in [0, 0.05) is 11.6 Å². The molecule has 2 unspecified atom stereocenters. The van der Waals surface area contributed by atoms with Crippen LogP contribution in [-0.2, 0) is 11.2 Å². The van der Waals surface area contributed by atoms with Crippen LogP contribution in [0.1, 0.15) is 44.6 Å². The second-order valence-corrected chi connectivity index (χ2v) is 6.49. The predicted molar refractivity (Wildman–Crippen MR) is 90.0 cm³/mol. The molecule has 0 aromatic heterocycles. The van der Waals surface area contributed by atoms with Crippen LogP contribution >= 0.6 is 11.6 Å². The first-order valence-electron chi connectivity index (χ1n) is 8.35. The van der Waals surface area contributed by atoms with E-state index in [-0.39, 0.29) is 0 Å². The van der Waals surface area contributed by atoms with Crippen molar-refractivity contribution < 1.29 is 4.74 Å². The first-order valence-corrected chi connectivity index (χ1v) is 8.73. The fourth-order valence-electron chi connectivity index (χ4n) is 3.03. The topological polar surface area (TPSA) is 21.3 Å². The molecule has 2 rings (SSSR count). The fourth-order valence-corrected chi connectivity index (χ4v) is 3.24. The van der Waals surface area contributed by atoms with Crippen LogP contribution in [0.5, 0.6) is 0 Å². The minimum atomic E-state index is 0.491. The van der Waals surface area contributed by atoms with E-state index < -0.39 is 0 Å². The molecule has 118 valence electrons. The molecule has 0 amide bonds. The number of rotatable bonds is 9. The van der Waals surface area contributed by atoms with E-state index in [4.69, 9.17) is 16.3 Å². The van der Waals surface area contributed by atoms with E-state index in [2.05, 4.69) is 24.4 Å². The van der Waals surface area contributed by atoms with Crippen LogP contribution in [0.3, 0.4) is 0 Å². The summed E-state index contributed by atoms with van der Waals surface area (Å²) in [4.78, 5) is 0. The molecule has 3 heteroatoms. The third kappa shape index (κ3) is 5.98. The van der Waals surface area contributed by atoms with E-state index in [1.165, 1.54) is 37.7 Å². The van der Waals surface area contributed by atoms with Gasteiger partial charge in [0.15, 0.2) is 0 Å². The minimum absolute atomic E-state index is 0.491. The molecular formula is C18H28ClNO. The maximum absolute atomic E-state index is 6.31. The molecule has 0 radical (unpaired) electrons. The Hall–Kier alpha value is -0.570. The number of benzene rings is 1. The lowest BCUT2D eigenvalue weighted by atomic mass is 9.93. The zero-order valence-electron chi connectivity index (χ0n) is 13.1. The maximum atomic E-state index is 6.31. The second kappa shape index (κ2) is 9.45. The second-order valence-electron chi connectivity index (χ2n) is 6.08. The highest BCUT2D eigenvalue weighted by Gasteiger charge is 2.18. The highest BCUT2D eigenvalue weighted by atomic mass is 35.5. The van der Waals surface area contributed by atoms with Gasteiger partial charge in [0.05, 0.1) is 6.10 Å². The van der Waals surface area contributed by atoms with Gasteiger partial charge in [-0.1, -0.05) is 36.7 Å². The molecule has 1 heterocycles. The average Bonchev–Trinajstić information content (AvgIpc) is 3.00. The van der Waals surface area contributed by atoms with E-state index in [1.807, 2.05) is 12.1 Å². The zero-order valence-corrected chi connectivity index (χ0v) is 13.9. The maximum Gasteiger partial charge on any atom is 0.0576 e. The Balaban J connectivity index is 1.86. The van der Waals surface area contributed by atoms with Gasteiger partial charge >= 0.3 is 0 Å². The van der Waals surface area contributed by atoms with Gasteiger partial charge in [0.2, 0.25) is 0 Å². The lowest BCUT2D eigenvalue weighted by Crippen LogP contribution is -2.26. The Kier molecular flexibility index (Phi) is 7.56. The van der Waals surface area contributed by atoms with Crippen LogP contribution in [0, 0.1) is 5.92 Å². The molecule has 1 aromatic carbocycles. The summed E-state index contributed by atoms with van der Waals surface area (Å²) in [5, 5.41) is 4.46. The molecule has 0 bridgehead atoms. The van der Waals surface area contributed by atoms with E-state index in [1.54, 1.807) is 0 Å². The molecule has 1 aliphatic rings. The number of hydrogen-bond acceptors (Lipinski definition) is 2. The molecule has 0 aliphatic carbocycles. The molecule has 2 nitrogen and oxygen atoms in total. The van der Waals surface area contributed by atoms with Crippen molar-refractivity contribution in [1.82, 2.24) is 5.32 Å². The van der Waals surface area contributed by atoms with Crippen molar-refractivity contribution in [2.75, 3.05) is 19.7 Å². The van der Waals surface area contributed by atoms with Gasteiger partial charge in [0.1, 0.15) is 0 Å². The number of nitrogens with one attached hydrogen (secondary N) is 1. The van der Waals surface area contributed by atoms with Crippen molar-refractivity contribution in [3.63, 3.8) is 0 Å². The zero-order chi connectivity index (χ0) is 14.9. The molecule has 0 spiro atoms. The third-order valence-corrected chi connectivity index (χ3v) is 4.62. The van der Waals surface area contributed by atoms with E-state index in [0.717, 1.165) is 31.1 Å². The minimum Gasteiger partial charge on any atom is -0.378 e. The summed E-state index contributed by atoms with van der Waals surface area (Å²) in [7, 11) is 0. The van der Waals surface area contributed by atoms with Gasteiger partial charge in [-0.2, -0.15) is 0 Å². The lowest BCUT2D eigenvalue weighted by Gasteiger charge is -2.20. The summed E-state index contributed by atoms with van der Waals surface area (Å²) in [6.45, 7) is 5.33. The van der Waals surface area contributed by atoms with E-state index in [0.29, 0.717) is 12.0 Å². The monoisotopic (exact) mass is 309 g/mol. The normalized spacial score (nSPS) is 19.8. The third-order valence-electron chi connectivity index (χ3n) is 4.25. The van der Waals surface area contributed by atoms with Crippen LogP contribution < -0.4 is 5.32 Å². The van der Waals surface area contributed by atoms with Crippen LogP contribution in [0.25, 0.3) is 0 Å². The van der Waals surface area contributed by atoms with Gasteiger partial charge in [0.25, 0.3) is 0 Å². The molecule has 1 N–H and O–H groups in total. The quantitative estimate of drug-likeness (QED) is 0.680. The first kappa shape index (κ1) is 16.8. The largest absolute Gasteiger partial charge is 0.378 e. The summed E-state index contributed by atoms with van der Waals surface area (Å²) in [5.41, 5.74) is 1.27. The first-order chi connectivity index (χ1) is 10.3. The SMILES string of the molecule is CCCNCC(CCC1CCCO1)Cc1ccccc1Cl. The molecule has 2 atom stereocenters. The van der Waals surface area contributed by atoms with E-state index >= 15 is 0 Å². The lowest BCUT2D eigenvalue weighted by molar-refractivity contribution is 0.0979. The van der Waals surface area contributed by atoms with Crippen LogP contribution in [0.4, 0.5) is 0 Å². The van der Waals surface area contributed by atoms with Gasteiger partial charge in [-0.3, -0.25) is 0 Å². The fraction of sp³-hybridized carbons (Fsp3) is 0.667. The van der Waals surface area contributed by atoms with Gasteiger partial charge in [-0.25, -0.2) is 0 Å². The van der Waals surface area contributed by atoms with Gasteiger partial charge in [-0.15, -0.1) is 0 Å². The summed E-state index contributed by atoms with van der Waals surface area (Å²) >= 11 is 6.31. The molecule has 1 saturated heterocycles. The van der Waals surface area contributed by atoms with Crippen molar-refractivity contribution in [3.05, 3.63) is 34.9 Å².